The summed E-state index contributed by atoms with van der Waals surface area (Å²) in [5.74, 6) is -1.02. The fraction of sp³-hybridized carbons (Fsp3) is 0.125. The van der Waals surface area contributed by atoms with Crippen LogP contribution in [0.4, 0.5) is 0 Å². The highest BCUT2D eigenvalue weighted by atomic mass is 79.9. The van der Waals surface area contributed by atoms with Crippen LogP contribution in [0.1, 0.15) is 27.6 Å². The highest BCUT2D eigenvalue weighted by Gasteiger charge is 2.19. The number of pyridine rings is 1. The van der Waals surface area contributed by atoms with Gasteiger partial charge in [0.1, 0.15) is 0 Å². The van der Waals surface area contributed by atoms with Gasteiger partial charge in [0.25, 0.3) is 0 Å². The summed E-state index contributed by atoms with van der Waals surface area (Å²) < 4.78 is 6.89. The lowest BCUT2D eigenvalue weighted by atomic mass is 10.2. The molecule has 1 N–H and O–H groups in total. The van der Waals surface area contributed by atoms with E-state index in [1.165, 1.54) is 28.4 Å². The Hall–Kier alpha value is -2.52. The Bertz CT molecular complexity index is 951. The van der Waals surface area contributed by atoms with E-state index in [4.69, 9.17) is 4.74 Å². The van der Waals surface area contributed by atoms with Gasteiger partial charge in [-0.25, -0.2) is 19.3 Å². The number of ether oxygens (including phenoxy) is 1. The minimum absolute atomic E-state index is 0.169. The number of carboxylic acids is 1. The summed E-state index contributed by atoms with van der Waals surface area (Å²) in [7, 11) is 0. The number of hydrogen-bond acceptors (Lipinski definition) is 6. The van der Waals surface area contributed by atoms with Gasteiger partial charge in [0.15, 0.2) is 5.82 Å². The molecule has 0 aliphatic heterocycles. The van der Waals surface area contributed by atoms with Gasteiger partial charge in [0, 0.05) is 16.0 Å². The lowest BCUT2D eigenvalue weighted by Crippen LogP contribution is -2.04. The van der Waals surface area contributed by atoms with Crippen molar-refractivity contribution in [2.45, 2.75) is 6.92 Å². The van der Waals surface area contributed by atoms with Crippen molar-refractivity contribution in [1.82, 2.24) is 14.8 Å². The summed E-state index contributed by atoms with van der Waals surface area (Å²) in [6, 6.07) is 5.20. The molecule has 3 heterocycles. The number of nitrogens with zero attached hydrogens (tertiary/aromatic N) is 3. The first-order chi connectivity index (χ1) is 12.0. The van der Waals surface area contributed by atoms with E-state index in [9.17, 15) is 14.7 Å². The first-order valence-corrected chi connectivity index (χ1v) is 8.88. The zero-order chi connectivity index (χ0) is 18.0. The Kier molecular flexibility index (Phi) is 4.95. The van der Waals surface area contributed by atoms with Gasteiger partial charge in [-0.05, 0) is 35.0 Å². The Balaban J connectivity index is 1.98. The number of halogens is 1. The zero-order valence-electron chi connectivity index (χ0n) is 13.0. The molecule has 3 aromatic rings. The molecule has 0 aliphatic rings. The van der Waals surface area contributed by atoms with Crippen molar-refractivity contribution in [3.05, 3.63) is 51.6 Å². The molecule has 0 aromatic carbocycles. The van der Waals surface area contributed by atoms with Crippen LogP contribution in [0.2, 0.25) is 0 Å². The van der Waals surface area contributed by atoms with Gasteiger partial charge in [-0.2, -0.15) is 5.10 Å². The molecule has 3 aromatic heterocycles. The normalized spacial score (nSPS) is 10.6. The molecule has 0 fully saturated rings. The van der Waals surface area contributed by atoms with Crippen molar-refractivity contribution in [1.29, 1.82) is 0 Å². The van der Waals surface area contributed by atoms with Crippen LogP contribution in [0.5, 0.6) is 0 Å². The van der Waals surface area contributed by atoms with Crippen molar-refractivity contribution in [3.63, 3.8) is 0 Å². The van der Waals surface area contributed by atoms with Crippen LogP contribution < -0.4 is 0 Å². The predicted molar refractivity (Wildman–Crippen MR) is 95.3 cm³/mol. The number of carbonyl (C=O) groups is 2. The van der Waals surface area contributed by atoms with Crippen molar-refractivity contribution in [2.24, 2.45) is 0 Å². The smallest absolute Gasteiger partial charge is 0.341 e. The quantitative estimate of drug-likeness (QED) is 0.631. The molecule has 0 atom stereocenters. The van der Waals surface area contributed by atoms with Crippen LogP contribution in [-0.2, 0) is 4.74 Å². The highest BCUT2D eigenvalue weighted by Crippen LogP contribution is 2.35. The SMILES string of the molecule is CCOC(=O)c1cnn(-c2cccc(-c3scc(Br)c3C(=O)O)n2)c1. The van der Waals surface area contributed by atoms with E-state index in [1.54, 1.807) is 30.5 Å². The van der Waals surface area contributed by atoms with E-state index in [0.717, 1.165) is 0 Å². The Morgan fingerprint density at radius 3 is 2.92 bits per heavy atom. The van der Waals surface area contributed by atoms with Crippen LogP contribution in [0, 0.1) is 0 Å². The number of carbonyl (C=O) groups excluding carboxylic acids is 1. The highest BCUT2D eigenvalue weighted by molar-refractivity contribution is 9.10. The Labute approximate surface area is 155 Å². The van der Waals surface area contributed by atoms with Gasteiger partial charge in [0.05, 0.1) is 34.5 Å². The van der Waals surface area contributed by atoms with Crippen LogP contribution in [-0.4, -0.2) is 38.4 Å². The largest absolute Gasteiger partial charge is 0.478 e. The van der Waals surface area contributed by atoms with Crippen molar-refractivity contribution in [2.75, 3.05) is 6.61 Å². The summed E-state index contributed by atoms with van der Waals surface area (Å²) in [6.07, 6.45) is 2.92. The maximum Gasteiger partial charge on any atom is 0.341 e. The minimum Gasteiger partial charge on any atom is -0.478 e. The van der Waals surface area contributed by atoms with Crippen LogP contribution in [0.3, 0.4) is 0 Å². The lowest BCUT2D eigenvalue weighted by molar-refractivity contribution is 0.0525. The monoisotopic (exact) mass is 421 g/mol. The van der Waals surface area contributed by atoms with Crippen molar-refractivity contribution < 1.29 is 19.4 Å². The van der Waals surface area contributed by atoms with E-state index in [1.807, 2.05) is 0 Å². The Morgan fingerprint density at radius 2 is 2.20 bits per heavy atom. The van der Waals surface area contributed by atoms with E-state index >= 15 is 0 Å². The topological polar surface area (TPSA) is 94.3 Å². The minimum atomic E-state index is -1.03. The van der Waals surface area contributed by atoms with Gasteiger partial charge in [0.2, 0.25) is 0 Å². The first-order valence-electron chi connectivity index (χ1n) is 7.21. The van der Waals surface area contributed by atoms with Crippen LogP contribution in [0.25, 0.3) is 16.4 Å². The van der Waals surface area contributed by atoms with Crippen LogP contribution in [0.15, 0.2) is 40.4 Å². The summed E-state index contributed by atoms with van der Waals surface area (Å²) in [6.45, 7) is 2.01. The molecule has 3 rings (SSSR count). The molecule has 0 unspecified atom stereocenters. The van der Waals surface area contributed by atoms with Crippen molar-refractivity contribution in [3.8, 4) is 16.4 Å². The molecule has 7 nitrogen and oxygen atoms in total. The van der Waals surface area contributed by atoms with E-state index in [-0.39, 0.29) is 12.2 Å². The number of esters is 1. The van der Waals surface area contributed by atoms with Crippen LogP contribution >= 0.6 is 27.3 Å². The molecule has 0 saturated carbocycles. The van der Waals surface area contributed by atoms with Gasteiger partial charge < -0.3 is 9.84 Å². The number of aromatic carboxylic acids is 1. The van der Waals surface area contributed by atoms with Gasteiger partial charge in [-0.1, -0.05) is 6.07 Å². The molecule has 9 heteroatoms. The fourth-order valence-corrected chi connectivity index (χ4v) is 3.84. The zero-order valence-corrected chi connectivity index (χ0v) is 15.4. The van der Waals surface area contributed by atoms with Gasteiger partial charge in [-0.3, -0.25) is 0 Å². The number of thiophene rings is 1. The summed E-state index contributed by atoms with van der Waals surface area (Å²) in [4.78, 5) is 28.2. The Morgan fingerprint density at radius 1 is 1.40 bits per heavy atom. The number of carboxylic acid groups (broad SMARTS) is 1. The number of rotatable bonds is 5. The summed E-state index contributed by atoms with van der Waals surface area (Å²) in [5, 5.41) is 15.2. The lowest BCUT2D eigenvalue weighted by Gasteiger charge is -2.04. The average molecular weight is 422 g/mol. The maximum absolute atomic E-state index is 11.7. The number of hydrogen-bond donors (Lipinski definition) is 1. The number of aromatic nitrogens is 3. The second kappa shape index (κ2) is 7.16. The fourth-order valence-electron chi connectivity index (χ4n) is 2.17. The molecule has 0 bridgehead atoms. The molecule has 0 aliphatic carbocycles. The standard InChI is InChI=1S/C16H12BrN3O4S/c1-2-24-16(23)9-6-18-20(7-9)12-5-3-4-11(19-12)14-13(15(21)22)10(17)8-25-14/h3-8H,2H2,1H3,(H,21,22). The second-order valence-corrected chi connectivity index (χ2v) is 6.60. The summed E-state index contributed by atoms with van der Waals surface area (Å²) in [5.41, 5.74) is 1.00. The molecular formula is C16H12BrN3O4S. The van der Waals surface area contributed by atoms with E-state index in [0.29, 0.717) is 26.4 Å². The van der Waals surface area contributed by atoms with Crippen molar-refractivity contribution >= 4 is 39.2 Å². The third-order valence-electron chi connectivity index (χ3n) is 3.26. The molecule has 25 heavy (non-hydrogen) atoms. The van der Waals surface area contributed by atoms with E-state index < -0.39 is 11.9 Å². The molecular weight excluding hydrogens is 410 g/mol. The van der Waals surface area contributed by atoms with E-state index in [2.05, 4.69) is 26.0 Å². The van der Waals surface area contributed by atoms with Gasteiger partial charge in [-0.15, -0.1) is 11.3 Å². The predicted octanol–water partition coefficient (Wildman–Crippen LogP) is 3.63. The average Bonchev–Trinajstić information content (AvgIpc) is 3.22. The third kappa shape index (κ3) is 3.47. The maximum atomic E-state index is 11.7. The molecule has 128 valence electrons. The molecule has 0 saturated heterocycles. The molecule has 0 radical (unpaired) electrons. The third-order valence-corrected chi connectivity index (χ3v) is 5.19. The molecule has 0 amide bonds. The van der Waals surface area contributed by atoms with Gasteiger partial charge >= 0.3 is 11.9 Å². The molecule has 0 spiro atoms. The summed E-state index contributed by atoms with van der Waals surface area (Å²) >= 11 is 4.53. The second-order valence-electron chi connectivity index (χ2n) is 4.87. The first kappa shape index (κ1) is 17.3.